The largest absolute Gasteiger partial charge is 0.483 e. The fraction of sp³-hybridized carbons (Fsp3) is 0.364. The average Bonchev–Trinajstić information content (AvgIpc) is 2.66. The minimum absolute atomic E-state index is 0.0138. The Balaban J connectivity index is 2.18. The summed E-state index contributed by atoms with van der Waals surface area (Å²) in [6.07, 6.45) is 0. The highest BCUT2D eigenvalue weighted by molar-refractivity contribution is 5.87. The van der Waals surface area contributed by atoms with Crippen LogP contribution in [0.15, 0.2) is 42.5 Å². The van der Waals surface area contributed by atoms with Crippen molar-refractivity contribution in [3.05, 3.63) is 65.0 Å². The van der Waals surface area contributed by atoms with Gasteiger partial charge in [0.25, 0.3) is 5.91 Å². The quantitative estimate of drug-likeness (QED) is 0.757. The molecule has 0 aliphatic rings. The molecule has 6 heteroatoms. The van der Waals surface area contributed by atoms with Crippen LogP contribution >= 0.6 is 0 Å². The highest BCUT2D eigenvalue weighted by Gasteiger charge is 2.27. The van der Waals surface area contributed by atoms with Gasteiger partial charge in [0.2, 0.25) is 5.91 Å². The summed E-state index contributed by atoms with van der Waals surface area (Å²) in [5, 5.41) is 2.70. The number of aryl methyl sites for hydroxylation is 2. The summed E-state index contributed by atoms with van der Waals surface area (Å²) in [6, 6.07) is 11.1. The molecule has 0 fully saturated rings. The van der Waals surface area contributed by atoms with Crippen molar-refractivity contribution < 1.29 is 18.7 Å². The minimum Gasteiger partial charge on any atom is -0.483 e. The second-order valence-corrected chi connectivity index (χ2v) is 6.74. The normalized spacial score (nSPS) is 11.6. The van der Waals surface area contributed by atoms with Gasteiger partial charge in [-0.1, -0.05) is 35.9 Å². The van der Waals surface area contributed by atoms with Gasteiger partial charge in [-0.05, 0) is 45.4 Å². The predicted octanol–water partition coefficient (Wildman–Crippen LogP) is 3.37. The van der Waals surface area contributed by atoms with E-state index in [0.29, 0.717) is 17.9 Å². The van der Waals surface area contributed by atoms with Crippen LogP contribution in [-0.4, -0.2) is 35.9 Å². The first-order chi connectivity index (χ1) is 13.3. The van der Waals surface area contributed by atoms with Crippen molar-refractivity contribution >= 4 is 11.8 Å². The standard InChI is InChI=1S/C22H27FN2O3/c1-5-24-22(27)17(4)25(13-18-8-6-7-9-19(18)23)21(26)14-28-20-11-10-15(2)12-16(20)3/h6-12,17H,5,13-14H2,1-4H3,(H,24,27)/t17-/m0/s1. The fourth-order valence-electron chi connectivity index (χ4n) is 2.90. The summed E-state index contributed by atoms with van der Waals surface area (Å²) >= 11 is 0. The van der Waals surface area contributed by atoms with Gasteiger partial charge in [-0.25, -0.2) is 4.39 Å². The molecule has 0 saturated carbocycles. The van der Waals surface area contributed by atoms with Crippen LogP contribution in [0.4, 0.5) is 4.39 Å². The number of nitrogens with one attached hydrogen (secondary N) is 1. The molecule has 0 radical (unpaired) electrons. The number of halogens is 1. The number of likely N-dealkylation sites (N-methyl/N-ethyl adjacent to an activating group) is 1. The molecule has 0 aliphatic carbocycles. The van der Waals surface area contributed by atoms with Crippen LogP contribution in [0, 0.1) is 19.7 Å². The van der Waals surface area contributed by atoms with E-state index in [1.165, 1.54) is 11.0 Å². The summed E-state index contributed by atoms with van der Waals surface area (Å²) in [6.45, 7) is 7.51. The van der Waals surface area contributed by atoms with Gasteiger partial charge in [0.05, 0.1) is 0 Å². The molecule has 5 nitrogen and oxygen atoms in total. The van der Waals surface area contributed by atoms with E-state index in [9.17, 15) is 14.0 Å². The zero-order valence-corrected chi connectivity index (χ0v) is 16.8. The lowest BCUT2D eigenvalue weighted by Crippen LogP contribution is -2.49. The van der Waals surface area contributed by atoms with E-state index in [2.05, 4.69) is 5.32 Å². The Morgan fingerprint density at radius 3 is 2.54 bits per heavy atom. The number of ether oxygens (including phenoxy) is 1. The smallest absolute Gasteiger partial charge is 0.261 e. The molecule has 0 saturated heterocycles. The van der Waals surface area contributed by atoms with E-state index < -0.39 is 11.9 Å². The van der Waals surface area contributed by atoms with Gasteiger partial charge in [-0.2, -0.15) is 0 Å². The zero-order chi connectivity index (χ0) is 20.7. The first-order valence-electron chi connectivity index (χ1n) is 9.34. The van der Waals surface area contributed by atoms with Crippen LogP contribution in [0.5, 0.6) is 5.75 Å². The van der Waals surface area contributed by atoms with Crippen LogP contribution in [0.2, 0.25) is 0 Å². The first-order valence-corrected chi connectivity index (χ1v) is 9.34. The molecule has 0 aromatic heterocycles. The first kappa shape index (κ1) is 21.4. The number of amides is 2. The fourth-order valence-corrected chi connectivity index (χ4v) is 2.90. The molecule has 2 amide bonds. The Morgan fingerprint density at radius 2 is 1.89 bits per heavy atom. The summed E-state index contributed by atoms with van der Waals surface area (Å²) in [7, 11) is 0. The van der Waals surface area contributed by atoms with Crippen LogP contribution in [-0.2, 0) is 16.1 Å². The van der Waals surface area contributed by atoms with E-state index in [-0.39, 0.29) is 25.0 Å². The third kappa shape index (κ3) is 5.55. The van der Waals surface area contributed by atoms with Crippen molar-refractivity contribution in [1.29, 1.82) is 0 Å². The topological polar surface area (TPSA) is 58.6 Å². The van der Waals surface area contributed by atoms with Gasteiger partial charge in [0, 0.05) is 18.7 Å². The summed E-state index contributed by atoms with van der Waals surface area (Å²) < 4.78 is 19.8. The van der Waals surface area contributed by atoms with Gasteiger partial charge in [0.15, 0.2) is 6.61 Å². The number of hydrogen-bond acceptors (Lipinski definition) is 3. The maximum absolute atomic E-state index is 14.1. The highest BCUT2D eigenvalue weighted by Crippen LogP contribution is 2.19. The van der Waals surface area contributed by atoms with E-state index >= 15 is 0 Å². The van der Waals surface area contributed by atoms with E-state index in [1.807, 2.05) is 32.0 Å². The number of carbonyl (C=O) groups excluding carboxylic acids is 2. The Morgan fingerprint density at radius 1 is 1.18 bits per heavy atom. The van der Waals surface area contributed by atoms with Gasteiger partial charge >= 0.3 is 0 Å². The van der Waals surface area contributed by atoms with Crippen LogP contribution in [0.1, 0.15) is 30.5 Å². The van der Waals surface area contributed by atoms with Crippen molar-refractivity contribution in [3.63, 3.8) is 0 Å². The minimum atomic E-state index is -0.755. The molecule has 0 spiro atoms. The molecular formula is C22H27FN2O3. The van der Waals surface area contributed by atoms with E-state index in [1.54, 1.807) is 32.0 Å². The van der Waals surface area contributed by atoms with E-state index in [0.717, 1.165) is 11.1 Å². The summed E-state index contributed by atoms with van der Waals surface area (Å²) in [5.74, 6) is -0.491. The Labute approximate surface area is 165 Å². The maximum atomic E-state index is 14.1. The molecular weight excluding hydrogens is 359 g/mol. The lowest BCUT2D eigenvalue weighted by atomic mass is 10.1. The van der Waals surface area contributed by atoms with Crippen LogP contribution in [0.25, 0.3) is 0 Å². The zero-order valence-electron chi connectivity index (χ0n) is 16.8. The molecule has 150 valence electrons. The molecule has 2 aromatic carbocycles. The van der Waals surface area contributed by atoms with Gasteiger partial charge in [-0.3, -0.25) is 9.59 Å². The number of nitrogens with zero attached hydrogens (tertiary/aromatic N) is 1. The highest BCUT2D eigenvalue weighted by atomic mass is 19.1. The Hall–Kier alpha value is -2.89. The predicted molar refractivity (Wildman–Crippen MR) is 107 cm³/mol. The lowest BCUT2D eigenvalue weighted by Gasteiger charge is -2.28. The van der Waals surface area contributed by atoms with Crippen molar-refractivity contribution in [2.75, 3.05) is 13.2 Å². The van der Waals surface area contributed by atoms with Crippen molar-refractivity contribution in [3.8, 4) is 5.75 Å². The monoisotopic (exact) mass is 386 g/mol. The molecule has 1 atom stereocenters. The van der Waals surface area contributed by atoms with Crippen LogP contribution < -0.4 is 10.1 Å². The van der Waals surface area contributed by atoms with E-state index in [4.69, 9.17) is 4.74 Å². The third-order valence-corrected chi connectivity index (χ3v) is 4.50. The molecule has 1 N–H and O–H groups in total. The lowest BCUT2D eigenvalue weighted by molar-refractivity contribution is -0.142. The average molecular weight is 386 g/mol. The number of rotatable bonds is 8. The number of carbonyl (C=O) groups is 2. The maximum Gasteiger partial charge on any atom is 0.261 e. The Kier molecular flexibility index (Phi) is 7.55. The Bertz CT molecular complexity index is 838. The molecule has 28 heavy (non-hydrogen) atoms. The molecule has 0 bridgehead atoms. The number of benzene rings is 2. The molecule has 0 heterocycles. The van der Waals surface area contributed by atoms with Gasteiger partial charge < -0.3 is 15.0 Å². The molecule has 2 rings (SSSR count). The summed E-state index contributed by atoms with van der Waals surface area (Å²) in [5.41, 5.74) is 2.37. The summed E-state index contributed by atoms with van der Waals surface area (Å²) in [4.78, 5) is 26.5. The number of hydrogen-bond donors (Lipinski definition) is 1. The third-order valence-electron chi connectivity index (χ3n) is 4.50. The van der Waals surface area contributed by atoms with Crippen molar-refractivity contribution in [2.45, 2.75) is 40.3 Å². The van der Waals surface area contributed by atoms with Crippen molar-refractivity contribution in [2.24, 2.45) is 0 Å². The molecule has 0 aliphatic heterocycles. The molecule has 2 aromatic rings. The van der Waals surface area contributed by atoms with Gasteiger partial charge in [0.1, 0.15) is 17.6 Å². The molecule has 0 unspecified atom stereocenters. The second kappa shape index (κ2) is 9.88. The van der Waals surface area contributed by atoms with Gasteiger partial charge in [-0.15, -0.1) is 0 Å². The van der Waals surface area contributed by atoms with Crippen molar-refractivity contribution in [1.82, 2.24) is 10.2 Å². The SMILES string of the molecule is CCNC(=O)[C@H](C)N(Cc1ccccc1F)C(=O)COc1ccc(C)cc1C. The second-order valence-electron chi connectivity index (χ2n) is 6.74. The van der Waals surface area contributed by atoms with Crippen LogP contribution in [0.3, 0.4) is 0 Å².